The smallest absolute Gasteiger partial charge is 0.303 e. The van der Waals surface area contributed by atoms with Gasteiger partial charge in [0.15, 0.2) is 17.6 Å². The fourth-order valence-corrected chi connectivity index (χ4v) is 4.43. The first-order chi connectivity index (χ1) is 19.9. The summed E-state index contributed by atoms with van der Waals surface area (Å²) in [6.07, 6.45) is -5.62. The third-order valence-electron chi connectivity index (χ3n) is 6.10. The van der Waals surface area contributed by atoms with E-state index in [4.69, 9.17) is 32.8 Å². The van der Waals surface area contributed by atoms with Gasteiger partial charge in [0.1, 0.15) is 36.1 Å². The fraction of sp³-hybridized carbons (Fsp3) is 0.345. The molecular weight excluding hydrogens is 559 g/mol. The first-order valence-electron chi connectivity index (χ1n) is 12.7. The van der Waals surface area contributed by atoms with Crippen LogP contribution in [0.25, 0.3) is 22.1 Å². The predicted molar refractivity (Wildman–Crippen MR) is 140 cm³/mol. The van der Waals surface area contributed by atoms with E-state index < -0.39 is 67.0 Å². The van der Waals surface area contributed by atoms with Crippen LogP contribution >= 0.6 is 0 Å². The summed E-state index contributed by atoms with van der Waals surface area (Å²) >= 11 is 0. The van der Waals surface area contributed by atoms with Crippen LogP contribution in [0.15, 0.2) is 57.9 Å². The van der Waals surface area contributed by atoms with E-state index >= 15 is 0 Å². The van der Waals surface area contributed by atoms with Crippen LogP contribution < -0.4 is 10.2 Å². The van der Waals surface area contributed by atoms with Gasteiger partial charge in [0.05, 0.1) is 10.9 Å². The Morgan fingerprint density at radius 1 is 0.810 bits per heavy atom. The second-order valence-corrected chi connectivity index (χ2v) is 9.33. The highest BCUT2D eigenvalue weighted by molar-refractivity contribution is 5.82. The summed E-state index contributed by atoms with van der Waals surface area (Å²) in [6.45, 7) is 4.07. The molecule has 0 N–H and O–H groups in total. The van der Waals surface area contributed by atoms with Crippen molar-refractivity contribution in [1.29, 1.82) is 0 Å². The lowest BCUT2D eigenvalue weighted by molar-refractivity contribution is -0.288. The van der Waals surface area contributed by atoms with Gasteiger partial charge in [-0.05, 0) is 29.8 Å². The van der Waals surface area contributed by atoms with Crippen molar-refractivity contribution in [3.05, 3.63) is 64.8 Å². The average molecular weight is 587 g/mol. The fourth-order valence-electron chi connectivity index (χ4n) is 4.43. The number of esters is 4. The third kappa shape index (κ3) is 7.10. The summed E-state index contributed by atoms with van der Waals surface area (Å²) in [6, 6.07) is 9.62. The van der Waals surface area contributed by atoms with Crippen molar-refractivity contribution in [2.24, 2.45) is 0 Å². The van der Waals surface area contributed by atoms with Gasteiger partial charge < -0.3 is 32.8 Å². The maximum atomic E-state index is 13.3. The van der Waals surface area contributed by atoms with Crippen molar-refractivity contribution in [3.63, 3.8) is 0 Å². The van der Waals surface area contributed by atoms with E-state index in [1.807, 2.05) is 0 Å². The highest BCUT2D eigenvalue weighted by atomic mass is 19.1. The molecule has 0 spiro atoms. The maximum absolute atomic E-state index is 13.3. The summed E-state index contributed by atoms with van der Waals surface area (Å²) in [5, 5.41) is 0.200. The molecule has 1 aromatic heterocycles. The van der Waals surface area contributed by atoms with Crippen LogP contribution in [-0.4, -0.2) is 61.2 Å². The van der Waals surface area contributed by atoms with E-state index in [9.17, 15) is 28.4 Å². The summed E-state index contributed by atoms with van der Waals surface area (Å²) in [5.74, 6) is -3.35. The molecule has 2 aromatic carbocycles. The molecule has 13 heteroatoms. The molecule has 2 heterocycles. The first-order valence-corrected chi connectivity index (χ1v) is 12.7. The van der Waals surface area contributed by atoms with Crippen LogP contribution in [0.1, 0.15) is 27.7 Å². The number of ether oxygens (including phenoxy) is 6. The molecule has 1 aliphatic rings. The van der Waals surface area contributed by atoms with Crippen molar-refractivity contribution in [2.45, 2.75) is 58.4 Å². The molecule has 1 aliphatic heterocycles. The summed E-state index contributed by atoms with van der Waals surface area (Å²) in [4.78, 5) is 60.6. The van der Waals surface area contributed by atoms with Crippen LogP contribution in [-0.2, 0) is 42.9 Å². The molecule has 222 valence electrons. The number of carbonyl (C=O) groups is 4. The van der Waals surface area contributed by atoms with Crippen LogP contribution in [0.4, 0.5) is 4.39 Å². The molecule has 3 aromatic rings. The molecule has 42 heavy (non-hydrogen) atoms. The Kier molecular flexibility index (Phi) is 9.21. The number of fused-ring (bicyclic) bond motifs is 1. The largest absolute Gasteiger partial charge is 0.463 e. The zero-order chi connectivity index (χ0) is 30.6. The molecule has 0 unspecified atom stereocenters. The molecule has 0 saturated carbocycles. The van der Waals surface area contributed by atoms with Gasteiger partial charge in [-0.2, -0.15) is 0 Å². The highest BCUT2D eigenvalue weighted by Crippen LogP contribution is 2.32. The lowest BCUT2D eigenvalue weighted by Gasteiger charge is -2.43. The number of hydrogen-bond donors (Lipinski definition) is 0. The molecule has 0 amide bonds. The Morgan fingerprint density at radius 2 is 1.43 bits per heavy atom. The minimum absolute atomic E-state index is 0.0982. The molecule has 4 rings (SSSR count). The minimum atomic E-state index is -1.46. The topological polar surface area (TPSA) is 154 Å². The number of carbonyl (C=O) groups excluding carboxylic acids is 4. The molecule has 0 bridgehead atoms. The lowest BCUT2D eigenvalue weighted by Crippen LogP contribution is -2.63. The van der Waals surface area contributed by atoms with Crippen molar-refractivity contribution >= 4 is 34.8 Å². The van der Waals surface area contributed by atoms with Gasteiger partial charge in [-0.15, -0.1) is 0 Å². The molecule has 0 radical (unpaired) electrons. The van der Waals surface area contributed by atoms with E-state index in [2.05, 4.69) is 0 Å². The second kappa shape index (κ2) is 12.8. The van der Waals surface area contributed by atoms with Gasteiger partial charge in [0.2, 0.25) is 12.4 Å². The van der Waals surface area contributed by atoms with E-state index in [1.54, 1.807) is 0 Å². The molecule has 12 nitrogen and oxygen atoms in total. The van der Waals surface area contributed by atoms with E-state index in [0.717, 1.165) is 27.7 Å². The van der Waals surface area contributed by atoms with E-state index in [1.165, 1.54) is 48.7 Å². The number of benzene rings is 2. The molecule has 1 fully saturated rings. The number of rotatable bonds is 8. The van der Waals surface area contributed by atoms with Crippen molar-refractivity contribution < 1.29 is 56.4 Å². The quantitative estimate of drug-likeness (QED) is 0.281. The standard InChI is InChI=1S/C29H27FO12/c1-14(31)36-13-24-26(38-15(2)32)27(39-16(3)33)28(40-17(4)34)29(42-24)41-20-9-10-21-23(11-20)37-12-22(25(21)35)18-5-7-19(30)8-6-18/h5-12,24,26-29H,13H2,1-4H3/t24-,26-,27+,28-,29-/m0/s1. The Bertz CT molecular complexity index is 1550. The summed E-state index contributed by atoms with van der Waals surface area (Å²) < 4.78 is 52.1. The average Bonchev–Trinajstić information content (AvgIpc) is 2.91. The zero-order valence-corrected chi connectivity index (χ0v) is 23.0. The van der Waals surface area contributed by atoms with Crippen LogP contribution in [0.3, 0.4) is 0 Å². The van der Waals surface area contributed by atoms with Gasteiger partial charge in [-0.3, -0.25) is 24.0 Å². The van der Waals surface area contributed by atoms with Crippen molar-refractivity contribution in [1.82, 2.24) is 0 Å². The number of halogens is 1. The maximum Gasteiger partial charge on any atom is 0.303 e. The number of hydrogen-bond acceptors (Lipinski definition) is 12. The zero-order valence-electron chi connectivity index (χ0n) is 23.0. The van der Waals surface area contributed by atoms with Crippen LogP contribution in [0.5, 0.6) is 5.75 Å². The van der Waals surface area contributed by atoms with Gasteiger partial charge in [-0.1, -0.05) is 12.1 Å². The highest BCUT2D eigenvalue weighted by Gasteiger charge is 2.53. The lowest BCUT2D eigenvalue weighted by atomic mass is 9.98. The Morgan fingerprint density at radius 3 is 2.05 bits per heavy atom. The van der Waals surface area contributed by atoms with Crippen molar-refractivity contribution in [3.8, 4) is 16.9 Å². The SMILES string of the molecule is CC(=O)OC[C@@H]1O[C@H](Oc2ccc3c(=O)c(-c4ccc(F)cc4)coc3c2)[C@@H](OC(C)=O)[C@H](OC(C)=O)[C@H]1OC(C)=O. The van der Waals surface area contributed by atoms with Gasteiger partial charge in [0, 0.05) is 33.8 Å². The normalized spacial score (nSPS) is 21.7. The summed E-state index contributed by atoms with van der Waals surface area (Å²) in [7, 11) is 0. The monoisotopic (exact) mass is 586 g/mol. The Labute approximate surface area is 238 Å². The third-order valence-corrected chi connectivity index (χ3v) is 6.10. The van der Waals surface area contributed by atoms with Gasteiger partial charge >= 0.3 is 23.9 Å². The van der Waals surface area contributed by atoms with Gasteiger partial charge in [0.25, 0.3) is 0 Å². The van der Waals surface area contributed by atoms with Gasteiger partial charge in [-0.25, -0.2) is 4.39 Å². The molecule has 5 atom stereocenters. The summed E-state index contributed by atoms with van der Waals surface area (Å²) in [5.41, 5.74) is 0.441. The van der Waals surface area contributed by atoms with E-state index in [-0.39, 0.29) is 27.7 Å². The van der Waals surface area contributed by atoms with Crippen LogP contribution in [0.2, 0.25) is 0 Å². The van der Waals surface area contributed by atoms with Crippen LogP contribution in [0, 0.1) is 5.82 Å². The minimum Gasteiger partial charge on any atom is -0.463 e. The Balaban J connectivity index is 1.70. The molecular formula is C29H27FO12. The van der Waals surface area contributed by atoms with E-state index in [0.29, 0.717) is 5.56 Å². The predicted octanol–water partition coefficient (Wildman–Crippen LogP) is 3.06. The Hall–Kier alpha value is -4.78. The first kappa shape index (κ1) is 30.2. The molecule has 0 aliphatic carbocycles. The second-order valence-electron chi connectivity index (χ2n) is 9.33. The molecule has 1 saturated heterocycles. The van der Waals surface area contributed by atoms with Crippen molar-refractivity contribution in [2.75, 3.05) is 6.61 Å².